The molecule has 1 N–H and O–H groups in total. The second-order valence-electron chi connectivity index (χ2n) is 6.04. The Hall–Kier alpha value is -2.02. The van der Waals surface area contributed by atoms with Crippen LogP contribution in [0.3, 0.4) is 0 Å². The normalized spacial score (nSPS) is 16.0. The van der Waals surface area contributed by atoms with Crippen LogP contribution in [0, 0.1) is 11.3 Å². The lowest BCUT2D eigenvalue weighted by Crippen LogP contribution is -2.31. The number of hydrogen-bond acceptors (Lipinski definition) is 7. The van der Waals surface area contributed by atoms with Crippen LogP contribution in [0.15, 0.2) is 28.6 Å². The minimum Gasteiger partial charge on any atom is -0.353 e. The highest BCUT2D eigenvalue weighted by Gasteiger charge is 2.27. The molecular weight excluding hydrogens is 370 g/mol. The van der Waals surface area contributed by atoms with E-state index in [9.17, 15) is 8.42 Å². The van der Waals surface area contributed by atoms with Crippen LogP contribution in [-0.4, -0.2) is 42.3 Å². The van der Waals surface area contributed by atoms with Crippen molar-refractivity contribution in [3.63, 3.8) is 0 Å². The van der Waals surface area contributed by atoms with Crippen molar-refractivity contribution in [2.45, 2.75) is 36.3 Å². The Morgan fingerprint density at radius 3 is 2.69 bits per heavy atom. The number of rotatable bonds is 6. The number of nitriles is 1. The summed E-state index contributed by atoms with van der Waals surface area (Å²) < 4.78 is 27.7. The van der Waals surface area contributed by atoms with Gasteiger partial charge >= 0.3 is 0 Å². The third-order valence-corrected chi connectivity index (χ3v) is 7.64. The van der Waals surface area contributed by atoms with Gasteiger partial charge in [0.25, 0.3) is 10.0 Å². The van der Waals surface area contributed by atoms with Crippen molar-refractivity contribution >= 4 is 27.3 Å². The lowest BCUT2D eigenvalue weighted by molar-refractivity contribution is 0.425. The molecule has 26 heavy (non-hydrogen) atoms. The summed E-state index contributed by atoms with van der Waals surface area (Å²) >= 11 is 1.23. The van der Waals surface area contributed by atoms with Crippen LogP contribution in [-0.2, 0) is 10.0 Å². The Morgan fingerprint density at radius 2 is 1.96 bits per heavy atom. The van der Waals surface area contributed by atoms with E-state index in [4.69, 9.17) is 5.26 Å². The van der Waals surface area contributed by atoms with Crippen LogP contribution in [0.1, 0.15) is 32.1 Å². The van der Waals surface area contributed by atoms with E-state index in [0.717, 1.165) is 30.6 Å². The average molecular weight is 392 g/mol. The molecule has 138 valence electrons. The van der Waals surface area contributed by atoms with E-state index in [0.29, 0.717) is 41.9 Å². The fourth-order valence-electron chi connectivity index (χ4n) is 2.82. The largest absolute Gasteiger partial charge is 0.353 e. The van der Waals surface area contributed by atoms with Crippen molar-refractivity contribution in [1.82, 2.24) is 14.3 Å². The summed E-state index contributed by atoms with van der Waals surface area (Å²) in [6, 6.07) is 7.25. The van der Waals surface area contributed by atoms with E-state index in [2.05, 4.69) is 21.4 Å². The van der Waals surface area contributed by atoms with E-state index in [1.807, 2.05) is 0 Å². The van der Waals surface area contributed by atoms with Gasteiger partial charge in [0.15, 0.2) is 0 Å². The number of hydrogen-bond donors (Lipinski definition) is 1. The SMILES string of the molecule is N#CCCNc1nccc(-c2ccc(S(=O)(=O)N3CCCCCC3)s2)n1. The van der Waals surface area contributed by atoms with Gasteiger partial charge in [0, 0.05) is 25.8 Å². The maximum atomic E-state index is 12.9. The molecule has 0 unspecified atom stereocenters. The fraction of sp³-hybridized carbons (Fsp3) is 0.471. The first-order valence-electron chi connectivity index (χ1n) is 8.65. The van der Waals surface area contributed by atoms with Gasteiger partial charge in [0.05, 0.1) is 23.1 Å². The van der Waals surface area contributed by atoms with Gasteiger partial charge in [-0.15, -0.1) is 11.3 Å². The second-order valence-corrected chi connectivity index (χ2v) is 9.29. The summed E-state index contributed by atoms with van der Waals surface area (Å²) in [5.74, 6) is 0.433. The molecule has 3 rings (SSSR count). The molecule has 0 aliphatic carbocycles. The van der Waals surface area contributed by atoms with Crippen molar-refractivity contribution in [2.75, 3.05) is 25.0 Å². The predicted molar refractivity (Wildman–Crippen MR) is 101 cm³/mol. The number of nitrogens with zero attached hydrogens (tertiary/aromatic N) is 4. The monoisotopic (exact) mass is 391 g/mol. The lowest BCUT2D eigenvalue weighted by Gasteiger charge is -2.18. The molecule has 7 nitrogen and oxygen atoms in total. The topological polar surface area (TPSA) is 99.0 Å². The van der Waals surface area contributed by atoms with Crippen LogP contribution >= 0.6 is 11.3 Å². The molecule has 0 saturated carbocycles. The number of sulfonamides is 1. The highest BCUT2D eigenvalue weighted by molar-refractivity contribution is 7.91. The Labute approximate surface area is 157 Å². The molecule has 0 atom stereocenters. The van der Waals surface area contributed by atoms with E-state index < -0.39 is 10.0 Å². The second kappa shape index (κ2) is 8.58. The molecule has 9 heteroatoms. The molecule has 0 amide bonds. The zero-order chi connectivity index (χ0) is 18.4. The van der Waals surface area contributed by atoms with Gasteiger partial charge in [0.2, 0.25) is 5.95 Å². The molecule has 1 aliphatic rings. The standard InChI is InChI=1S/C17H21N5O2S2/c18-9-5-10-19-17-20-11-8-14(21-17)15-6-7-16(25-15)26(23,24)22-12-3-1-2-4-13-22/h6-8,11H,1-5,10,12-13H2,(H,19,20,21). The van der Waals surface area contributed by atoms with Gasteiger partial charge in [-0.2, -0.15) is 9.57 Å². The molecule has 1 saturated heterocycles. The molecule has 0 bridgehead atoms. The maximum Gasteiger partial charge on any atom is 0.252 e. The van der Waals surface area contributed by atoms with Gasteiger partial charge in [-0.3, -0.25) is 0 Å². The van der Waals surface area contributed by atoms with Crippen LogP contribution in [0.4, 0.5) is 5.95 Å². The first kappa shape index (κ1) is 18.8. The average Bonchev–Trinajstić information content (AvgIpc) is 2.98. The quantitative estimate of drug-likeness (QED) is 0.760. The van der Waals surface area contributed by atoms with E-state index in [1.54, 1.807) is 28.7 Å². The number of thiophene rings is 1. The van der Waals surface area contributed by atoms with Gasteiger partial charge in [0.1, 0.15) is 4.21 Å². The van der Waals surface area contributed by atoms with Crippen molar-refractivity contribution in [1.29, 1.82) is 5.26 Å². The predicted octanol–water partition coefficient (Wildman–Crippen LogP) is 3.10. The third-order valence-electron chi connectivity index (χ3n) is 4.17. The lowest BCUT2D eigenvalue weighted by atomic mass is 10.2. The minimum absolute atomic E-state index is 0.354. The highest BCUT2D eigenvalue weighted by Crippen LogP contribution is 2.32. The van der Waals surface area contributed by atoms with E-state index in [1.165, 1.54) is 11.3 Å². The Balaban J connectivity index is 1.79. The Kier molecular flexibility index (Phi) is 6.19. The fourth-order valence-corrected chi connectivity index (χ4v) is 5.76. The molecule has 0 radical (unpaired) electrons. The van der Waals surface area contributed by atoms with Gasteiger partial charge in [-0.25, -0.2) is 18.4 Å². The molecule has 0 aromatic carbocycles. The number of anilines is 1. The molecule has 3 heterocycles. The zero-order valence-electron chi connectivity index (χ0n) is 14.4. The van der Waals surface area contributed by atoms with Crippen molar-refractivity contribution in [2.24, 2.45) is 0 Å². The first-order valence-corrected chi connectivity index (χ1v) is 10.9. The van der Waals surface area contributed by atoms with Gasteiger partial charge < -0.3 is 5.32 Å². The molecule has 1 fully saturated rings. The van der Waals surface area contributed by atoms with E-state index >= 15 is 0 Å². The van der Waals surface area contributed by atoms with Crippen molar-refractivity contribution in [3.05, 3.63) is 24.4 Å². The summed E-state index contributed by atoms with van der Waals surface area (Å²) in [6.07, 6.45) is 6.00. The van der Waals surface area contributed by atoms with Crippen molar-refractivity contribution < 1.29 is 8.42 Å². The molecule has 2 aromatic heterocycles. The summed E-state index contributed by atoms with van der Waals surface area (Å²) in [6.45, 7) is 1.66. The smallest absolute Gasteiger partial charge is 0.252 e. The van der Waals surface area contributed by atoms with Crippen molar-refractivity contribution in [3.8, 4) is 16.6 Å². The van der Waals surface area contributed by atoms with Gasteiger partial charge in [-0.05, 0) is 31.0 Å². The molecule has 1 aliphatic heterocycles. The summed E-state index contributed by atoms with van der Waals surface area (Å²) in [5, 5.41) is 11.6. The Morgan fingerprint density at radius 1 is 1.19 bits per heavy atom. The molecule has 0 spiro atoms. The van der Waals surface area contributed by atoms with Crippen LogP contribution in [0.25, 0.3) is 10.6 Å². The highest BCUT2D eigenvalue weighted by atomic mass is 32.2. The first-order chi connectivity index (χ1) is 12.6. The maximum absolute atomic E-state index is 12.9. The zero-order valence-corrected chi connectivity index (χ0v) is 16.0. The number of nitrogens with one attached hydrogen (secondary N) is 1. The molecular formula is C17H21N5O2S2. The Bertz CT molecular complexity index is 881. The van der Waals surface area contributed by atoms with Crippen LogP contribution in [0.5, 0.6) is 0 Å². The summed E-state index contributed by atoms with van der Waals surface area (Å²) in [4.78, 5) is 9.31. The third kappa shape index (κ3) is 4.38. The van der Waals surface area contributed by atoms with Crippen LogP contribution in [0.2, 0.25) is 0 Å². The summed E-state index contributed by atoms with van der Waals surface area (Å²) in [7, 11) is -3.44. The van der Waals surface area contributed by atoms with Gasteiger partial charge in [-0.1, -0.05) is 12.8 Å². The van der Waals surface area contributed by atoms with Crippen LogP contribution < -0.4 is 5.32 Å². The minimum atomic E-state index is -3.44. The van der Waals surface area contributed by atoms with E-state index in [-0.39, 0.29) is 0 Å². The summed E-state index contributed by atoms with van der Waals surface area (Å²) in [5.41, 5.74) is 0.668. The molecule has 2 aromatic rings. The number of aromatic nitrogens is 2.